The van der Waals surface area contributed by atoms with Gasteiger partial charge in [0.1, 0.15) is 17.2 Å². The Morgan fingerprint density at radius 2 is 1.74 bits per heavy atom. The van der Waals surface area contributed by atoms with Gasteiger partial charge in [0.15, 0.2) is 0 Å². The Kier molecular flexibility index (Phi) is 2.79. The first-order valence-corrected chi connectivity index (χ1v) is 5.83. The summed E-state index contributed by atoms with van der Waals surface area (Å²) in [6.07, 6.45) is 3.40. The van der Waals surface area contributed by atoms with E-state index in [-0.39, 0.29) is 5.82 Å². The SMILES string of the molecule is Cc1cc(F)ccc1-c1n[nH]nc1-c1ccncc1. The molecule has 19 heavy (non-hydrogen) atoms. The zero-order valence-electron chi connectivity index (χ0n) is 10.3. The number of aromatic nitrogens is 4. The molecule has 0 fully saturated rings. The van der Waals surface area contributed by atoms with E-state index in [0.29, 0.717) is 5.69 Å². The van der Waals surface area contributed by atoms with Crippen molar-refractivity contribution in [1.29, 1.82) is 0 Å². The van der Waals surface area contributed by atoms with Gasteiger partial charge in [-0.05, 0) is 42.8 Å². The molecule has 3 rings (SSSR count). The maximum absolute atomic E-state index is 13.2. The normalized spacial score (nSPS) is 10.6. The molecule has 4 nitrogen and oxygen atoms in total. The van der Waals surface area contributed by atoms with E-state index < -0.39 is 0 Å². The van der Waals surface area contributed by atoms with Crippen LogP contribution in [0.3, 0.4) is 0 Å². The maximum Gasteiger partial charge on any atom is 0.123 e. The Labute approximate surface area is 109 Å². The van der Waals surface area contributed by atoms with Crippen LogP contribution in [0.1, 0.15) is 5.56 Å². The predicted molar refractivity (Wildman–Crippen MR) is 69.7 cm³/mol. The highest BCUT2D eigenvalue weighted by Gasteiger charge is 2.14. The van der Waals surface area contributed by atoms with Gasteiger partial charge in [-0.2, -0.15) is 15.4 Å². The number of aromatic amines is 1. The lowest BCUT2D eigenvalue weighted by atomic mass is 10.0. The van der Waals surface area contributed by atoms with Crippen LogP contribution in [0.15, 0.2) is 42.7 Å². The van der Waals surface area contributed by atoms with Gasteiger partial charge >= 0.3 is 0 Å². The summed E-state index contributed by atoms with van der Waals surface area (Å²) in [4.78, 5) is 3.98. The van der Waals surface area contributed by atoms with Crippen LogP contribution in [0.4, 0.5) is 4.39 Å². The summed E-state index contributed by atoms with van der Waals surface area (Å²) in [5.74, 6) is -0.254. The van der Waals surface area contributed by atoms with Crippen LogP contribution in [0.25, 0.3) is 22.5 Å². The first-order valence-electron chi connectivity index (χ1n) is 5.83. The lowest BCUT2D eigenvalue weighted by molar-refractivity contribution is 0.627. The fourth-order valence-electron chi connectivity index (χ4n) is 2.02. The summed E-state index contributed by atoms with van der Waals surface area (Å²) < 4.78 is 13.2. The number of pyridine rings is 1. The molecule has 3 aromatic rings. The van der Waals surface area contributed by atoms with Gasteiger partial charge in [0.25, 0.3) is 0 Å². The Hall–Kier alpha value is -2.56. The minimum atomic E-state index is -0.254. The van der Waals surface area contributed by atoms with Crippen molar-refractivity contribution in [3.05, 3.63) is 54.1 Å². The van der Waals surface area contributed by atoms with E-state index in [1.165, 1.54) is 12.1 Å². The average Bonchev–Trinajstić information content (AvgIpc) is 2.89. The number of rotatable bonds is 2. The van der Waals surface area contributed by atoms with Crippen LogP contribution in [0.5, 0.6) is 0 Å². The van der Waals surface area contributed by atoms with E-state index >= 15 is 0 Å². The van der Waals surface area contributed by atoms with Crippen molar-refractivity contribution < 1.29 is 4.39 Å². The molecule has 5 heteroatoms. The molecule has 2 aromatic heterocycles. The Bertz CT molecular complexity index is 706. The molecule has 0 unspecified atom stereocenters. The van der Waals surface area contributed by atoms with Crippen molar-refractivity contribution in [2.45, 2.75) is 6.92 Å². The number of aryl methyl sites for hydroxylation is 1. The predicted octanol–water partition coefficient (Wildman–Crippen LogP) is 2.98. The molecule has 0 aliphatic heterocycles. The first kappa shape index (κ1) is 11.5. The molecule has 1 aromatic carbocycles. The second kappa shape index (κ2) is 4.61. The van der Waals surface area contributed by atoms with Crippen molar-refractivity contribution >= 4 is 0 Å². The summed E-state index contributed by atoms with van der Waals surface area (Å²) >= 11 is 0. The second-order valence-electron chi connectivity index (χ2n) is 4.22. The molecule has 2 heterocycles. The summed E-state index contributed by atoms with van der Waals surface area (Å²) in [6, 6.07) is 8.35. The molecule has 0 bridgehead atoms. The number of hydrogen-bond donors (Lipinski definition) is 1. The van der Waals surface area contributed by atoms with Gasteiger partial charge < -0.3 is 0 Å². The maximum atomic E-state index is 13.2. The molecular formula is C14H11FN4. The molecule has 1 N–H and O–H groups in total. The topological polar surface area (TPSA) is 54.5 Å². The van der Waals surface area contributed by atoms with E-state index in [1.54, 1.807) is 18.5 Å². The van der Waals surface area contributed by atoms with Crippen LogP contribution in [-0.4, -0.2) is 20.4 Å². The zero-order chi connectivity index (χ0) is 13.2. The third kappa shape index (κ3) is 2.10. The van der Waals surface area contributed by atoms with Gasteiger partial charge in [-0.25, -0.2) is 4.39 Å². The van der Waals surface area contributed by atoms with Crippen molar-refractivity contribution in [2.75, 3.05) is 0 Å². The summed E-state index contributed by atoms with van der Waals surface area (Å²) in [5, 5.41) is 11.0. The van der Waals surface area contributed by atoms with Crippen molar-refractivity contribution in [1.82, 2.24) is 20.4 Å². The smallest absolute Gasteiger partial charge is 0.123 e. The fraction of sp³-hybridized carbons (Fsp3) is 0.0714. The quantitative estimate of drug-likeness (QED) is 0.764. The van der Waals surface area contributed by atoms with E-state index in [2.05, 4.69) is 20.4 Å². The van der Waals surface area contributed by atoms with Crippen molar-refractivity contribution in [3.8, 4) is 22.5 Å². The highest BCUT2D eigenvalue weighted by molar-refractivity contribution is 5.78. The number of hydrogen-bond acceptors (Lipinski definition) is 3. The van der Waals surface area contributed by atoms with Gasteiger partial charge in [0.05, 0.1) is 0 Å². The Morgan fingerprint density at radius 1 is 1.00 bits per heavy atom. The molecule has 94 valence electrons. The summed E-state index contributed by atoms with van der Waals surface area (Å²) in [7, 11) is 0. The van der Waals surface area contributed by atoms with Crippen molar-refractivity contribution in [3.63, 3.8) is 0 Å². The van der Waals surface area contributed by atoms with Crippen LogP contribution < -0.4 is 0 Å². The van der Waals surface area contributed by atoms with Crippen LogP contribution in [-0.2, 0) is 0 Å². The molecule has 0 spiro atoms. The van der Waals surface area contributed by atoms with Gasteiger partial charge in [-0.15, -0.1) is 0 Å². The monoisotopic (exact) mass is 254 g/mol. The first-order chi connectivity index (χ1) is 9.25. The van der Waals surface area contributed by atoms with Crippen LogP contribution in [0, 0.1) is 12.7 Å². The summed E-state index contributed by atoms with van der Waals surface area (Å²) in [5.41, 5.74) is 4.05. The largest absolute Gasteiger partial charge is 0.265 e. The van der Waals surface area contributed by atoms with Gasteiger partial charge in [0.2, 0.25) is 0 Å². The van der Waals surface area contributed by atoms with E-state index in [0.717, 1.165) is 22.4 Å². The van der Waals surface area contributed by atoms with Crippen LogP contribution >= 0.6 is 0 Å². The minimum absolute atomic E-state index is 0.254. The lowest BCUT2D eigenvalue weighted by Crippen LogP contribution is -1.88. The molecule has 0 aliphatic rings. The standard InChI is InChI=1S/C14H11FN4/c1-9-8-11(15)2-3-12(9)14-13(17-19-18-14)10-4-6-16-7-5-10/h2-8H,1H3,(H,17,18,19). The fourth-order valence-corrected chi connectivity index (χ4v) is 2.02. The van der Waals surface area contributed by atoms with Gasteiger partial charge in [-0.1, -0.05) is 0 Å². The molecule has 0 amide bonds. The number of halogens is 1. The molecular weight excluding hydrogens is 243 g/mol. The highest BCUT2D eigenvalue weighted by Crippen LogP contribution is 2.30. The van der Waals surface area contributed by atoms with Gasteiger partial charge in [-0.3, -0.25) is 4.98 Å². The lowest BCUT2D eigenvalue weighted by Gasteiger charge is -2.04. The van der Waals surface area contributed by atoms with Crippen LogP contribution in [0.2, 0.25) is 0 Å². The average molecular weight is 254 g/mol. The minimum Gasteiger partial charge on any atom is -0.265 e. The third-order valence-electron chi connectivity index (χ3n) is 2.95. The molecule has 0 atom stereocenters. The highest BCUT2D eigenvalue weighted by atomic mass is 19.1. The second-order valence-corrected chi connectivity index (χ2v) is 4.22. The Balaban J connectivity index is 2.15. The number of H-pyrrole nitrogens is 1. The zero-order valence-corrected chi connectivity index (χ0v) is 10.3. The molecule has 0 saturated heterocycles. The van der Waals surface area contributed by atoms with Crippen molar-refractivity contribution in [2.24, 2.45) is 0 Å². The molecule has 0 radical (unpaired) electrons. The van der Waals surface area contributed by atoms with Gasteiger partial charge in [0, 0.05) is 23.5 Å². The molecule has 0 saturated carbocycles. The number of nitrogens with one attached hydrogen (secondary N) is 1. The number of benzene rings is 1. The summed E-state index contributed by atoms with van der Waals surface area (Å²) in [6.45, 7) is 1.85. The Morgan fingerprint density at radius 3 is 2.47 bits per heavy atom. The van der Waals surface area contributed by atoms with E-state index in [1.807, 2.05) is 19.1 Å². The number of nitrogens with zero attached hydrogens (tertiary/aromatic N) is 3. The van der Waals surface area contributed by atoms with E-state index in [9.17, 15) is 4.39 Å². The molecule has 0 aliphatic carbocycles. The third-order valence-corrected chi connectivity index (χ3v) is 2.95. The van der Waals surface area contributed by atoms with E-state index in [4.69, 9.17) is 0 Å².